The van der Waals surface area contributed by atoms with Crippen molar-refractivity contribution in [2.24, 2.45) is 0 Å². The molecule has 0 saturated carbocycles. The lowest BCUT2D eigenvalue weighted by molar-refractivity contribution is 0.576. The van der Waals surface area contributed by atoms with Crippen molar-refractivity contribution in [2.75, 3.05) is 0 Å². The van der Waals surface area contributed by atoms with Crippen LogP contribution in [-0.4, -0.2) is 0 Å². The summed E-state index contributed by atoms with van der Waals surface area (Å²) in [6, 6.07) is 12.9. The van der Waals surface area contributed by atoms with E-state index >= 15 is 0 Å². The topological polar surface area (TPSA) is 35.8 Å². The van der Waals surface area contributed by atoms with E-state index in [0.717, 1.165) is 11.4 Å². The fourth-order valence-corrected chi connectivity index (χ4v) is 2.96. The third kappa shape index (κ3) is 3.44. The molecule has 19 heavy (non-hydrogen) atoms. The minimum absolute atomic E-state index is 0.313. The molecule has 0 saturated heterocycles. The number of nitrogens with one attached hydrogen (secondary N) is 1. The molecular weight excluding hydrogens is 252 g/mol. The van der Waals surface area contributed by atoms with E-state index in [2.05, 4.69) is 50.4 Å². The van der Waals surface area contributed by atoms with E-state index in [1.165, 1.54) is 21.6 Å². The van der Waals surface area contributed by atoms with Crippen LogP contribution in [0.15, 0.2) is 30.3 Å². The van der Waals surface area contributed by atoms with Crippen LogP contribution in [0.1, 0.15) is 39.4 Å². The molecule has 1 unspecified atom stereocenters. The van der Waals surface area contributed by atoms with Gasteiger partial charge >= 0.3 is 0 Å². The van der Waals surface area contributed by atoms with Gasteiger partial charge in [0.2, 0.25) is 0 Å². The normalized spacial score (nSPS) is 12.1. The van der Waals surface area contributed by atoms with Crippen molar-refractivity contribution in [3.8, 4) is 6.07 Å². The van der Waals surface area contributed by atoms with Crippen molar-refractivity contribution in [2.45, 2.75) is 33.4 Å². The van der Waals surface area contributed by atoms with Gasteiger partial charge in [-0.1, -0.05) is 23.8 Å². The average molecular weight is 270 g/mol. The Kier molecular flexibility index (Phi) is 4.36. The van der Waals surface area contributed by atoms with Crippen LogP contribution in [0.3, 0.4) is 0 Å². The molecule has 2 nitrogen and oxygen atoms in total. The first-order chi connectivity index (χ1) is 9.10. The molecule has 0 aliphatic carbocycles. The Morgan fingerprint density at radius 2 is 2.05 bits per heavy atom. The molecule has 3 heteroatoms. The summed E-state index contributed by atoms with van der Waals surface area (Å²) in [5.41, 5.74) is 3.96. The van der Waals surface area contributed by atoms with E-state index in [4.69, 9.17) is 5.26 Å². The van der Waals surface area contributed by atoms with Crippen LogP contribution in [0, 0.1) is 25.2 Å². The molecule has 1 aromatic carbocycles. The second-order valence-electron chi connectivity index (χ2n) is 4.84. The van der Waals surface area contributed by atoms with Gasteiger partial charge in [0.1, 0.15) is 10.9 Å². The van der Waals surface area contributed by atoms with E-state index in [9.17, 15) is 0 Å². The maximum absolute atomic E-state index is 8.81. The van der Waals surface area contributed by atoms with Crippen molar-refractivity contribution >= 4 is 11.3 Å². The van der Waals surface area contributed by atoms with E-state index in [1.807, 2.05) is 12.1 Å². The second-order valence-corrected chi connectivity index (χ2v) is 6.01. The highest BCUT2D eigenvalue weighted by molar-refractivity contribution is 7.12. The van der Waals surface area contributed by atoms with Crippen molar-refractivity contribution in [1.82, 2.24) is 5.32 Å². The predicted molar refractivity (Wildman–Crippen MR) is 80.2 cm³/mol. The highest BCUT2D eigenvalue weighted by atomic mass is 32.1. The summed E-state index contributed by atoms with van der Waals surface area (Å²) in [5, 5.41) is 12.3. The van der Waals surface area contributed by atoms with Crippen LogP contribution in [-0.2, 0) is 6.54 Å². The third-order valence-corrected chi connectivity index (χ3v) is 4.24. The molecule has 0 bridgehead atoms. The summed E-state index contributed by atoms with van der Waals surface area (Å²) in [6.45, 7) is 7.25. The van der Waals surface area contributed by atoms with Gasteiger partial charge in [0.05, 0.1) is 0 Å². The first-order valence-electron chi connectivity index (χ1n) is 6.39. The van der Waals surface area contributed by atoms with Gasteiger partial charge in [-0.15, -0.1) is 11.3 Å². The number of nitrogens with zero attached hydrogens (tertiary/aromatic N) is 1. The number of benzene rings is 1. The summed E-state index contributed by atoms with van der Waals surface area (Å²) in [4.78, 5) is 1.98. The van der Waals surface area contributed by atoms with Crippen LogP contribution in [0.4, 0.5) is 0 Å². The van der Waals surface area contributed by atoms with Crippen LogP contribution < -0.4 is 5.32 Å². The van der Waals surface area contributed by atoms with E-state index in [1.54, 1.807) is 11.3 Å². The Morgan fingerprint density at radius 3 is 2.68 bits per heavy atom. The maximum Gasteiger partial charge on any atom is 0.110 e. The lowest BCUT2D eigenvalue weighted by Gasteiger charge is -2.16. The summed E-state index contributed by atoms with van der Waals surface area (Å²) < 4.78 is 0. The number of hydrogen-bond acceptors (Lipinski definition) is 3. The Morgan fingerprint density at radius 1 is 1.26 bits per heavy atom. The lowest BCUT2D eigenvalue weighted by Crippen LogP contribution is -2.18. The summed E-state index contributed by atoms with van der Waals surface area (Å²) in [5.74, 6) is 0. The van der Waals surface area contributed by atoms with Gasteiger partial charge in [0, 0.05) is 17.5 Å². The fourth-order valence-electron chi connectivity index (χ4n) is 2.21. The maximum atomic E-state index is 8.81. The van der Waals surface area contributed by atoms with E-state index in [-0.39, 0.29) is 0 Å². The van der Waals surface area contributed by atoms with Crippen LogP contribution >= 0.6 is 11.3 Å². The Balaban J connectivity index is 2.01. The average Bonchev–Trinajstić information content (AvgIpc) is 2.84. The summed E-state index contributed by atoms with van der Waals surface area (Å²) in [6.07, 6.45) is 0. The zero-order valence-electron chi connectivity index (χ0n) is 11.5. The molecule has 0 aliphatic heterocycles. The van der Waals surface area contributed by atoms with Crippen LogP contribution in [0.5, 0.6) is 0 Å². The van der Waals surface area contributed by atoms with Gasteiger partial charge in [-0.3, -0.25) is 0 Å². The fraction of sp³-hybridized carbons (Fsp3) is 0.312. The van der Waals surface area contributed by atoms with Gasteiger partial charge in [-0.2, -0.15) is 5.26 Å². The summed E-state index contributed by atoms with van der Waals surface area (Å²) in [7, 11) is 0. The molecule has 1 heterocycles. The largest absolute Gasteiger partial charge is 0.305 e. The smallest absolute Gasteiger partial charge is 0.110 e. The number of nitriles is 1. The highest BCUT2D eigenvalue weighted by Crippen LogP contribution is 2.20. The zero-order chi connectivity index (χ0) is 13.8. The highest BCUT2D eigenvalue weighted by Gasteiger charge is 2.08. The molecule has 2 rings (SSSR count). The molecule has 1 aromatic heterocycles. The van der Waals surface area contributed by atoms with Gasteiger partial charge in [-0.05, 0) is 44.0 Å². The Bertz CT molecular complexity index is 607. The van der Waals surface area contributed by atoms with Crippen molar-refractivity contribution in [1.29, 1.82) is 5.26 Å². The Hall–Kier alpha value is -1.63. The van der Waals surface area contributed by atoms with Gasteiger partial charge in [0.15, 0.2) is 0 Å². The van der Waals surface area contributed by atoms with Crippen LogP contribution in [0.2, 0.25) is 0 Å². The number of rotatable bonds is 4. The molecule has 0 spiro atoms. The number of aryl methyl sites for hydroxylation is 2. The van der Waals surface area contributed by atoms with Crippen molar-refractivity contribution < 1.29 is 0 Å². The molecule has 0 fully saturated rings. The quantitative estimate of drug-likeness (QED) is 0.908. The lowest BCUT2D eigenvalue weighted by atomic mass is 10.0. The molecule has 2 aromatic rings. The second kappa shape index (κ2) is 6.01. The third-order valence-electron chi connectivity index (χ3n) is 3.25. The molecule has 0 aliphatic rings. The number of thiophene rings is 1. The standard InChI is InChI=1S/C16H18N2S/c1-11-4-7-16(12(2)8-11)13(3)18-10-15-6-5-14(9-17)19-15/h4-8,13,18H,10H2,1-3H3. The molecule has 1 N–H and O–H groups in total. The van der Waals surface area contributed by atoms with Crippen LogP contribution in [0.25, 0.3) is 0 Å². The minimum atomic E-state index is 0.313. The molecule has 98 valence electrons. The van der Waals surface area contributed by atoms with E-state index < -0.39 is 0 Å². The minimum Gasteiger partial charge on any atom is -0.305 e. The predicted octanol–water partition coefficient (Wildman–Crippen LogP) is 4.09. The molecular formula is C16H18N2S. The SMILES string of the molecule is Cc1ccc(C(C)NCc2ccc(C#N)s2)c(C)c1. The first-order valence-corrected chi connectivity index (χ1v) is 7.21. The zero-order valence-corrected chi connectivity index (χ0v) is 12.3. The number of hydrogen-bond donors (Lipinski definition) is 1. The molecule has 0 radical (unpaired) electrons. The first kappa shape index (κ1) is 13.8. The monoisotopic (exact) mass is 270 g/mol. The molecule has 1 atom stereocenters. The van der Waals surface area contributed by atoms with Gasteiger partial charge in [-0.25, -0.2) is 0 Å². The Labute approximate surface area is 118 Å². The molecule has 0 amide bonds. The van der Waals surface area contributed by atoms with Gasteiger partial charge < -0.3 is 5.32 Å². The van der Waals surface area contributed by atoms with Gasteiger partial charge in [0.25, 0.3) is 0 Å². The van der Waals surface area contributed by atoms with E-state index in [0.29, 0.717) is 6.04 Å². The van der Waals surface area contributed by atoms with Crippen molar-refractivity contribution in [3.63, 3.8) is 0 Å². The summed E-state index contributed by atoms with van der Waals surface area (Å²) >= 11 is 1.55. The van der Waals surface area contributed by atoms with Crippen molar-refractivity contribution in [3.05, 3.63) is 56.8 Å².